The number of para-hydroxylation sites is 1. The Kier molecular flexibility index (Phi) is 4.51. The third-order valence-electron chi connectivity index (χ3n) is 6.25. The summed E-state index contributed by atoms with van der Waals surface area (Å²) in [4.78, 5) is 26.9. The number of rotatable bonds is 3. The highest BCUT2D eigenvalue weighted by Gasteiger charge is 2.43. The lowest BCUT2D eigenvalue weighted by Crippen LogP contribution is -2.35. The van der Waals surface area contributed by atoms with Crippen molar-refractivity contribution in [2.75, 3.05) is 12.4 Å². The second kappa shape index (κ2) is 7.15. The van der Waals surface area contributed by atoms with Gasteiger partial charge in [0.1, 0.15) is 5.82 Å². The molecule has 1 aromatic heterocycles. The molecule has 0 amide bonds. The molecule has 0 spiro atoms. The summed E-state index contributed by atoms with van der Waals surface area (Å²) in [5.41, 5.74) is 2.83. The summed E-state index contributed by atoms with van der Waals surface area (Å²) in [7, 11) is 1.48. The fourth-order valence-corrected chi connectivity index (χ4v) is 4.87. The van der Waals surface area contributed by atoms with E-state index in [1.54, 1.807) is 18.2 Å². The topological polar surface area (TPSA) is 96.4 Å². The zero-order valence-electron chi connectivity index (χ0n) is 18.2. The van der Waals surface area contributed by atoms with Crippen LogP contribution < -0.4 is 15.6 Å². The lowest BCUT2D eigenvalue weighted by atomic mass is 9.69. The maximum absolute atomic E-state index is 13.6. The molecule has 1 aliphatic carbocycles. The maximum atomic E-state index is 13.6. The fourth-order valence-electron chi connectivity index (χ4n) is 4.87. The number of methoxy groups -OCH3 is 1. The van der Waals surface area contributed by atoms with Crippen molar-refractivity contribution in [2.24, 2.45) is 5.41 Å². The number of fused-ring (bicyclic) bond motifs is 1. The van der Waals surface area contributed by atoms with Crippen LogP contribution in [0.15, 0.2) is 64.6 Å². The predicted octanol–water partition coefficient (Wildman–Crippen LogP) is 4.08. The van der Waals surface area contributed by atoms with Crippen molar-refractivity contribution in [1.82, 2.24) is 9.78 Å². The molecule has 2 aromatic carbocycles. The molecular formula is C25H25N3O4. The number of hydrogen-bond donors (Lipinski definition) is 3. The van der Waals surface area contributed by atoms with E-state index >= 15 is 0 Å². The average molecular weight is 431 g/mol. The fraction of sp³-hybridized carbons (Fsp3) is 0.280. The Morgan fingerprint density at radius 2 is 1.84 bits per heavy atom. The summed E-state index contributed by atoms with van der Waals surface area (Å²) in [6.07, 6.45) is 1.09. The lowest BCUT2D eigenvalue weighted by molar-refractivity contribution is -0.118. The molecule has 0 fully saturated rings. The number of ether oxygens (including phenoxy) is 1. The van der Waals surface area contributed by atoms with E-state index < -0.39 is 5.92 Å². The van der Waals surface area contributed by atoms with Gasteiger partial charge in [-0.1, -0.05) is 38.1 Å². The quantitative estimate of drug-likeness (QED) is 0.581. The Morgan fingerprint density at radius 3 is 2.53 bits per heavy atom. The van der Waals surface area contributed by atoms with Gasteiger partial charge in [0.25, 0.3) is 5.56 Å². The number of phenols is 1. The summed E-state index contributed by atoms with van der Waals surface area (Å²) in [6, 6.07) is 14.3. The number of phenolic OH excluding ortho intramolecular Hbond substituents is 1. The van der Waals surface area contributed by atoms with Gasteiger partial charge in [0.2, 0.25) is 0 Å². The second-order valence-corrected chi connectivity index (χ2v) is 9.20. The van der Waals surface area contributed by atoms with Crippen LogP contribution in [0.4, 0.5) is 5.82 Å². The van der Waals surface area contributed by atoms with Gasteiger partial charge in [-0.15, -0.1) is 0 Å². The van der Waals surface area contributed by atoms with Crippen LogP contribution in [0.1, 0.15) is 43.7 Å². The van der Waals surface area contributed by atoms with Crippen molar-refractivity contribution in [1.29, 1.82) is 0 Å². The molecule has 32 heavy (non-hydrogen) atoms. The van der Waals surface area contributed by atoms with Gasteiger partial charge in [-0.3, -0.25) is 14.7 Å². The summed E-state index contributed by atoms with van der Waals surface area (Å²) in [5.74, 6) is 0.305. The van der Waals surface area contributed by atoms with Crippen molar-refractivity contribution < 1.29 is 14.6 Å². The van der Waals surface area contributed by atoms with Crippen LogP contribution in [0, 0.1) is 5.41 Å². The number of benzene rings is 2. The Hall–Kier alpha value is -3.74. The lowest BCUT2D eigenvalue weighted by Gasteiger charge is -2.37. The van der Waals surface area contributed by atoms with Gasteiger partial charge >= 0.3 is 0 Å². The van der Waals surface area contributed by atoms with E-state index in [0.717, 1.165) is 5.70 Å². The first-order valence-corrected chi connectivity index (χ1v) is 10.6. The van der Waals surface area contributed by atoms with E-state index in [2.05, 4.69) is 24.3 Å². The number of aromatic nitrogens is 2. The molecule has 1 aliphatic heterocycles. The Balaban J connectivity index is 1.75. The highest BCUT2D eigenvalue weighted by Crippen LogP contribution is 2.48. The highest BCUT2D eigenvalue weighted by atomic mass is 16.5. The number of anilines is 1. The summed E-state index contributed by atoms with van der Waals surface area (Å²) in [6.45, 7) is 4.13. The monoisotopic (exact) mass is 431 g/mol. The van der Waals surface area contributed by atoms with Crippen LogP contribution in [0.25, 0.3) is 5.69 Å². The van der Waals surface area contributed by atoms with Crippen molar-refractivity contribution >= 4 is 11.6 Å². The molecule has 164 valence electrons. The number of H-pyrrole nitrogens is 1. The Morgan fingerprint density at radius 1 is 1.09 bits per heavy atom. The first kappa shape index (κ1) is 20.2. The first-order valence-electron chi connectivity index (χ1n) is 10.6. The van der Waals surface area contributed by atoms with E-state index in [0.29, 0.717) is 46.8 Å². The number of carbonyl (C=O) groups is 1. The van der Waals surface area contributed by atoms with E-state index in [1.807, 2.05) is 30.3 Å². The first-order chi connectivity index (χ1) is 15.3. The molecule has 5 rings (SSSR count). The SMILES string of the molecule is COc1ccc(C2C3=C(CC(C)(C)CC3=O)Nc3[nH]n(-c4ccccc4)c(=O)c32)cc1O. The van der Waals surface area contributed by atoms with Gasteiger partial charge in [-0.05, 0) is 41.7 Å². The van der Waals surface area contributed by atoms with Crippen molar-refractivity contribution in [3.8, 4) is 17.2 Å². The van der Waals surface area contributed by atoms with Gasteiger partial charge in [0.05, 0.1) is 18.4 Å². The van der Waals surface area contributed by atoms with E-state index in [4.69, 9.17) is 4.74 Å². The predicted molar refractivity (Wildman–Crippen MR) is 122 cm³/mol. The number of ketones is 1. The molecule has 1 unspecified atom stereocenters. The van der Waals surface area contributed by atoms with Crippen molar-refractivity contribution in [3.05, 3.63) is 81.3 Å². The molecule has 1 atom stereocenters. The smallest absolute Gasteiger partial charge is 0.277 e. The van der Waals surface area contributed by atoms with E-state index in [-0.39, 0.29) is 22.5 Å². The normalized spacial score (nSPS) is 19.2. The number of aromatic hydroxyl groups is 1. The minimum Gasteiger partial charge on any atom is -0.504 e. The summed E-state index contributed by atoms with van der Waals surface area (Å²) >= 11 is 0. The Labute approximate surface area is 185 Å². The van der Waals surface area contributed by atoms with Gasteiger partial charge in [-0.25, -0.2) is 4.68 Å². The third kappa shape index (κ3) is 3.12. The number of Topliss-reactive ketones (excluding diaryl/α,β-unsaturated/α-hetero) is 1. The number of nitrogens with zero attached hydrogens (tertiary/aromatic N) is 1. The number of allylic oxidation sites excluding steroid dienone is 2. The standard InChI is InChI=1S/C25H25N3O4/c1-25(2)12-16-21(18(30)13-25)20(14-9-10-19(32-3)17(29)11-14)22-23(26-16)27-28(24(22)31)15-7-5-4-6-8-15/h4-11,20,26-27,29H,12-13H2,1-3H3. The highest BCUT2D eigenvalue weighted by molar-refractivity contribution is 6.01. The van der Waals surface area contributed by atoms with Crippen LogP contribution in [0.5, 0.6) is 11.5 Å². The molecular weight excluding hydrogens is 406 g/mol. The molecule has 7 heteroatoms. The summed E-state index contributed by atoms with van der Waals surface area (Å²) in [5, 5.41) is 17.0. The molecule has 0 saturated heterocycles. The second-order valence-electron chi connectivity index (χ2n) is 9.20. The molecule has 2 aliphatic rings. The Bertz CT molecular complexity index is 1310. The molecule has 2 heterocycles. The zero-order valence-corrected chi connectivity index (χ0v) is 18.2. The van der Waals surface area contributed by atoms with Crippen LogP contribution in [-0.2, 0) is 4.79 Å². The van der Waals surface area contributed by atoms with Gasteiger partial charge in [-0.2, -0.15) is 0 Å². The zero-order chi connectivity index (χ0) is 22.6. The molecule has 0 bridgehead atoms. The van der Waals surface area contributed by atoms with Crippen molar-refractivity contribution in [2.45, 2.75) is 32.6 Å². The summed E-state index contributed by atoms with van der Waals surface area (Å²) < 4.78 is 6.67. The molecule has 0 saturated carbocycles. The van der Waals surface area contributed by atoms with Crippen LogP contribution >= 0.6 is 0 Å². The van der Waals surface area contributed by atoms with Gasteiger partial charge in [0, 0.05) is 23.6 Å². The van der Waals surface area contributed by atoms with E-state index in [9.17, 15) is 14.7 Å². The third-order valence-corrected chi connectivity index (χ3v) is 6.25. The molecule has 7 nitrogen and oxygen atoms in total. The number of hydrogen-bond acceptors (Lipinski definition) is 5. The maximum Gasteiger partial charge on any atom is 0.277 e. The number of carbonyl (C=O) groups excluding carboxylic acids is 1. The largest absolute Gasteiger partial charge is 0.504 e. The number of nitrogens with one attached hydrogen (secondary N) is 2. The van der Waals surface area contributed by atoms with E-state index in [1.165, 1.54) is 11.8 Å². The van der Waals surface area contributed by atoms with Crippen LogP contribution in [0.2, 0.25) is 0 Å². The van der Waals surface area contributed by atoms with Gasteiger partial charge in [0.15, 0.2) is 17.3 Å². The molecule has 3 N–H and O–H groups in total. The molecule has 3 aromatic rings. The minimum atomic E-state index is -0.588. The van der Waals surface area contributed by atoms with Crippen molar-refractivity contribution in [3.63, 3.8) is 0 Å². The number of aromatic amines is 1. The van der Waals surface area contributed by atoms with Gasteiger partial charge < -0.3 is 15.2 Å². The van der Waals surface area contributed by atoms with Crippen LogP contribution in [-0.4, -0.2) is 27.8 Å². The minimum absolute atomic E-state index is 0.0153. The average Bonchev–Trinajstić information content (AvgIpc) is 3.08. The van der Waals surface area contributed by atoms with Crippen LogP contribution in [0.3, 0.4) is 0 Å². The molecule has 0 radical (unpaired) electrons.